The maximum Gasteiger partial charge on any atom is 0.497 e. The fourth-order valence-electron chi connectivity index (χ4n) is 4.00. The molecule has 0 aromatic heterocycles. The van der Waals surface area contributed by atoms with Crippen molar-refractivity contribution >= 4 is 15.6 Å². The molecule has 0 aliphatic carbocycles. The van der Waals surface area contributed by atoms with Crippen molar-refractivity contribution in [2.75, 3.05) is 13.1 Å². The predicted octanol–water partition coefficient (Wildman–Crippen LogP) is 4.08. The summed E-state index contributed by atoms with van der Waals surface area (Å²) in [4.78, 5) is 26.8. The van der Waals surface area contributed by atoms with Crippen molar-refractivity contribution in [3.8, 4) is 0 Å². The third kappa shape index (κ3) is 9.64. The summed E-state index contributed by atoms with van der Waals surface area (Å²) in [6, 6.07) is 0. The van der Waals surface area contributed by atoms with Crippen LogP contribution >= 0.6 is 15.6 Å². The van der Waals surface area contributed by atoms with Crippen LogP contribution in [0, 0.1) is 16.2 Å². The largest absolute Gasteiger partial charge is 0.497 e. The van der Waals surface area contributed by atoms with Crippen LogP contribution in [0.25, 0.3) is 0 Å². The zero-order valence-corrected chi connectivity index (χ0v) is 17.8. The Bertz CT molecular complexity index is 521. The molecule has 0 aromatic rings. The Labute approximate surface area is 150 Å². The average molecular weight is 401 g/mol. The number of phosphoric acid groups is 2. The first-order chi connectivity index (χ1) is 10.9. The fourth-order valence-corrected chi connectivity index (χ4v) is 5.65. The smallest absolute Gasteiger partial charge is 0.302 e. The molecule has 1 heterocycles. The lowest BCUT2D eigenvalue weighted by Crippen LogP contribution is -2.43. The van der Waals surface area contributed by atoms with Crippen molar-refractivity contribution in [3.63, 3.8) is 0 Å². The summed E-state index contributed by atoms with van der Waals surface area (Å²) >= 11 is 0. The molecule has 3 N–H and O–H groups in total. The van der Waals surface area contributed by atoms with Gasteiger partial charge < -0.3 is 14.7 Å². The van der Waals surface area contributed by atoms with Gasteiger partial charge in [-0.05, 0) is 41.9 Å². The third-order valence-corrected chi connectivity index (χ3v) is 6.14. The molecule has 25 heavy (non-hydrogen) atoms. The van der Waals surface area contributed by atoms with Gasteiger partial charge in [0.1, 0.15) is 0 Å². The van der Waals surface area contributed by atoms with E-state index in [2.05, 4.69) is 45.9 Å². The van der Waals surface area contributed by atoms with Gasteiger partial charge in [-0.3, -0.25) is 0 Å². The summed E-state index contributed by atoms with van der Waals surface area (Å²) in [6.07, 6.45) is 3.61. The molecule has 1 aliphatic rings. The SMILES string of the molecule is CC(C)(C)CC1(CC(C)(C)C)CCN(OP(=O)(O)OP(=O)(O)O)CC1. The quantitative estimate of drug-likeness (QED) is 0.570. The van der Waals surface area contributed by atoms with E-state index in [1.165, 1.54) is 5.06 Å². The van der Waals surface area contributed by atoms with Crippen molar-refractivity contribution in [1.29, 1.82) is 0 Å². The second kappa shape index (κ2) is 7.69. The van der Waals surface area contributed by atoms with E-state index < -0.39 is 15.6 Å². The molecule has 0 bridgehead atoms. The summed E-state index contributed by atoms with van der Waals surface area (Å²) in [5.41, 5.74) is 0.411. The van der Waals surface area contributed by atoms with E-state index in [-0.39, 0.29) is 16.2 Å². The lowest BCUT2D eigenvalue weighted by Gasteiger charge is -2.47. The molecule has 0 radical (unpaired) electrons. The van der Waals surface area contributed by atoms with Crippen LogP contribution in [0.1, 0.15) is 67.2 Å². The monoisotopic (exact) mass is 401 g/mol. The molecule has 0 spiro atoms. The first kappa shape index (κ1) is 23.3. The maximum absolute atomic E-state index is 11.7. The standard InChI is InChI=1S/C15H33NO7P2/c1-13(2,3)11-15(12-14(4,5)6)7-9-16(10-8-15)22-25(20,21)23-24(17,18)19/h7-12H2,1-6H3,(H,20,21)(H2,17,18,19). The van der Waals surface area contributed by atoms with Crippen LogP contribution < -0.4 is 0 Å². The molecule has 1 fully saturated rings. The number of hydrogen-bond acceptors (Lipinski definition) is 5. The summed E-state index contributed by atoms with van der Waals surface area (Å²) in [6.45, 7) is 14.0. The van der Waals surface area contributed by atoms with E-state index in [4.69, 9.17) is 14.4 Å². The lowest BCUT2D eigenvalue weighted by molar-refractivity contribution is -0.124. The average Bonchev–Trinajstić information content (AvgIpc) is 2.24. The molecular formula is C15H33NO7P2. The van der Waals surface area contributed by atoms with E-state index in [0.29, 0.717) is 13.1 Å². The highest BCUT2D eigenvalue weighted by molar-refractivity contribution is 7.60. The summed E-state index contributed by atoms with van der Waals surface area (Å²) in [5.74, 6) is 0. The minimum Gasteiger partial charge on any atom is -0.302 e. The minimum atomic E-state index is -5.10. The van der Waals surface area contributed by atoms with Crippen LogP contribution in [0.4, 0.5) is 0 Å². The van der Waals surface area contributed by atoms with E-state index in [1.54, 1.807) is 0 Å². The van der Waals surface area contributed by atoms with Gasteiger partial charge in [0.25, 0.3) is 0 Å². The molecule has 1 unspecified atom stereocenters. The Hall–Kier alpha value is 0.220. The van der Waals surface area contributed by atoms with Gasteiger partial charge in [0.15, 0.2) is 0 Å². The molecular weight excluding hydrogens is 368 g/mol. The molecule has 0 saturated carbocycles. The van der Waals surface area contributed by atoms with Crippen LogP contribution in [0.15, 0.2) is 0 Å². The minimum absolute atomic E-state index is 0.0971. The highest BCUT2D eigenvalue weighted by Crippen LogP contribution is 2.58. The second-order valence-corrected chi connectivity index (χ2v) is 12.3. The van der Waals surface area contributed by atoms with E-state index in [9.17, 15) is 14.0 Å². The van der Waals surface area contributed by atoms with Crippen molar-refractivity contribution in [2.24, 2.45) is 16.2 Å². The van der Waals surface area contributed by atoms with Gasteiger partial charge in [-0.25, -0.2) is 9.13 Å². The highest BCUT2D eigenvalue weighted by atomic mass is 31.3. The molecule has 1 aliphatic heterocycles. The summed E-state index contributed by atoms with van der Waals surface area (Å²) in [5, 5.41) is 1.28. The van der Waals surface area contributed by atoms with Gasteiger partial charge in [0.05, 0.1) is 0 Å². The maximum atomic E-state index is 11.7. The Balaban J connectivity index is 2.78. The highest BCUT2D eigenvalue weighted by Gasteiger charge is 2.42. The first-order valence-corrected chi connectivity index (χ1v) is 11.5. The van der Waals surface area contributed by atoms with E-state index in [1.807, 2.05) is 0 Å². The van der Waals surface area contributed by atoms with Gasteiger partial charge in [-0.1, -0.05) is 41.5 Å². The normalized spacial score (nSPS) is 22.6. The Morgan fingerprint density at radius 1 is 0.920 bits per heavy atom. The van der Waals surface area contributed by atoms with Gasteiger partial charge >= 0.3 is 15.6 Å². The molecule has 1 saturated heterocycles. The molecule has 0 aromatic carbocycles. The van der Waals surface area contributed by atoms with Crippen LogP contribution in [-0.2, 0) is 18.1 Å². The summed E-state index contributed by atoms with van der Waals surface area (Å²) < 4.78 is 31.1. The second-order valence-electron chi connectivity index (χ2n) is 9.53. The van der Waals surface area contributed by atoms with Gasteiger partial charge in [-0.2, -0.15) is 14.0 Å². The van der Waals surface area contributed by atoms with Crippen LogP contribution in [0.5, 0.6) is 0 Å². The number of rotatable bonds is 6. The third-order valence-electron chi connectivity index (χ3n) is 4.02. The number of hydrogen-bond donors (Lipinski definition) is 3. The van der Waals surface area contributed by atoms with Crippen LogP contribution in [0.2, 0.25) is 0 Å². The Morgan fingerprint density at radius 2 is 1.32 bits per heavy atom. The number of piperidine rings is 1. The zero-order valence-electron chi connectivity index (χ0n) is 16.1. The molecule has 1 rings (SSSR count). The first-order valence-electron chi connectivity index (χ1n) is 8.45. The molecule has 150 valence electrons. The Morgan fingerprint density at radius 3 is 1.64 bits per heavy atom. The van der Waals surface area contributed by atoms with E-state index in [0.717, 1.165) is 25.7 Å². The molecule has 0 amide bonds. The van der Waals surface area contributed by atoms with Gasteiger partial charge in [-0.15, -0.1) is 0 Å². The number of nitrogens with zero attached hydrogens (tertiary/aromatic N) is 1. The topological polar surface area (TPSA) is 117 Å². The number of hydroxylamine groups is 2. The van der Waals surface area contributed by atoms with Crippen molar-refractivity contribution in [2.45, 2.75) is 67.2 Å². The van der Waals surface area contributed by atoms with Crippen molar-refractivity contribution in [3.05, 3.63) is 0 Å². The van der Waals surface area contributed by atoms with Crippen molar-refractivity contribution < 1.29 is 32.7 Å². The van der Waals surface area contributed by atoms with Crippen molar-refractivity contribution in [1.82, 2.24) is 5.06 Å². The van der Waals surface area contributed by atoms with Crippen LogP contribution in [-0.4, -0.2) is 32.8 Å². The molecule has 1 atom stereocenters. The molecule has 8 nitrogen and oxygen atoms in total. The fraction of sp³-hybridized carbons (Fsp3) is 1.00. The predicted molar refractivity (Wildman–Crippen MR) is 95.4 cm³/mol. The van der Waals surface area contributed by atoms with Gasteiger partial charge in [0.2, 0.25) is 0 Å². The van der Waals surface area contributed by atoms with E-state index >= 15 is 0 Å². The van der Waals surface area contributed by atoms with Crippen LogP contribution in [0.3, 0.4) is 0 Å². The summed E-state index contributed by atoms with van der Waals surface area (Å²) in [7, 11) is -9.94. The Kier molecular flexibility index (Phi) is 7.15. The van der Waals surface area contributed by atoms with Gasteiger partial charge in [0, 0.05) is 13.1 Å². The zero-order chi connectivity index (χ0) is 19.7. The molecule has 10 heteroatoms. The lowest BCUT2D eigenvalue weighted by atomic mass is 9.62.